The standard InChI is InChI=1S/C20H20N6O4S/c1-25-18-14(9-22-25)19(28)26(11-21-18)7-6-17(27)24-20-23-15(10-31-20)13-8-12(29-2)4-5-16(13)30-3/h4-5,8-11H,6-7H2,1-3H3,(H,23,24,27). The molecule has 1 N–H and O–H groups in total. The first-order valence-electron chi connectivity index (χ1n) is 9.35. The van der Waals surface area contributed by atoms with Crippen LogP contribution in [0.25, 0.3) is 22.3 Å². The summed E-state index contributed by atoms with van der Waals surface area (Å²) in [7, 11) is 4.89. The Hall–Kier alpha value is -3.73. The summed E-state index contributed by atoms with van der Waals surface area (Å²) in [5.41, 5.74) is 1.71. The summed E-state index contributed by atoms with van der Waals surface area (Å²) in [6.45, 7) is 0.199. The SMILES string of the molecule is COc1ccc(OC)c(-c2csc(NC(=O)CCn3cnc4c(cnn4C)c3=O)n2)c1. The number of ether oxygens (including phenoxy) is 2. The van der Waals surface area contributed by atoms with Crippen LogP contribution >= 0.6 is 11.3 Å². The van der Waals surface area contributed by atoms with Crippen LogP contribution in [0.1, 0.15) is 6.42 Å². The molecule has 0 atom stereocenters. The minimum Gasteiger partial charge on any atom is -0.497 e. The van der Waals surface area contributed by atoms with Crippen LogP contribution in [0.2, 0.25) is 0 Å². The first-order chi connectivity index (χ1) is 15.0. The van der Waals surface area contributed by atoms with Gasteiger partial charge in [-0.25, -0.2) is 9.97 Å². The van der Waals surface area contributed by atoms with Crippen LogP contribution in [0, 0.1) is 0 Å². The Morgan fingerprint density at radius 2 is 2.10 bits per heavy atom. The predicted molar refractivity (Wildman–Crippen MR) is 117 cm³/mol. The number of hydrogen-bond acceptors (Lipinski definition) is 8. The van der Waals surface area contributed by atoms with Crippen molar-refractivity contribution in [2.75, 3.05) is 19.5 Å². The molecule has 0 saturated carbocycles. The van der Waals surface area contributed by atoms with Crippen LogP contribution in [-0.2, 0) is 18.4 Å². The van der Waals surface area contributed by atoms with Gasteiger partial charge in [-0.3, -0.25) is 18.8 Å². The number of nitrogens with zero attached hydrogens (tertiary/aromatic N) is 5. The zero-order valence-corrected chi connectivity index (χ0v) is 18.0. The highest BCUT2D eigenvalue weighted by molar-refractivity contribution is 7.14. The van der Waals surface area contributed by atoms with E-state index in [1.54, 1.807) is 33.4 Å². The topological polar surface area (TPSA) is 113 Å². The van der Waals surface area contributed by atoms with Crippen LogP contribution in [-0.4, -0.2) is 44.4 Å². The van der Waals surface area contributed by atoms with E-state index in [1.165, 1.54) is 33.1 Å². The van der Waals surface area contributed by atoms with Gasteiger partial charge in [-0.05, 0) is 18.2 Å². The van der Waals surface area contributed by atoms with Crippen molar-refractivity contribution in [3.63, 3.8) is 0 Å². The fraction of sp³-hybridized carbons (Fsp3) is 0.250. The molecule has 0 fully saturated rings. The number of carbonyl (C=O) groups excluding carboxylic acids is 1. The molecule has 160 valence electrons. The van der Waals surface area contributed by atoms with E-state index in [0.29, 0.717) is 33.4 Å². The fourth-order valence-electron chi connectivity index (χ4n) is 3.10. The van der Waals surface area contributed by atoms with Gasteiger partial charge in [0.2, 0.25) is 5.91 Å². The van der Waals surface area contributed by atoms with Gasteiger partial charge in [0.15, 0.2) is 10.8 Å². The van der Waals surface area contributed by atoms with Gasteiger partial charge < -0.3 is 14.8 Å². The average molecular weight is 440 g/mol. The van der Waals surface area contributed by atoms with E-state index in [9.17, 15) is 9.59 Å². The summed E-state index contributed by atoms with van der Waals surface area (Å²) in [5, 5.41) is 9.52. The zero-order valence-electron chi connectivity index (χ0n) is 17.2. The molecule has 11 heteroatoms. The van der Waals surface area contributed by atoms with Crippen LogP contribution in [0.15, 0.2) is 40.9 Å². The van der Waals surface area contributed by atoms with Gasteiger partial charge >= 0.3 is 0 Å². The van der Waals surface area contributed by atoms with E-state index >= 15 is 0 Å². The molecule has 0 unspecified atom stereocenters. The third kappa shape index (κ3) is 4.12. The minimum atomic E-state index is -0.253. The highest BCUT2D eigenvalue weighted by Gasteiger charge is 2.14. The average Bonchev–Trinajstić information content (AvgIpc) is 3.40. The lowest BCUT2D eigenvalue weighted by Gasteiger charge is -2.08. The summed E-state index contributed by atoms with van der Waals surface area (Å²) < 4.78 is 13.6. The molecule has 0 bridgehead atoms. The first kappa shape index (κ1) is 20.5. The molecule has 0 aliphatic rings. The van der Waals surface area contributed by atoms with Crippen molar-refractivity contribution in [2.24, 2.45) is 7.05 Å². The molecular weight excluding hydrogens is 420 g/mol. The van der Waals surface area contributed by atoms with Crippen molar-refractivity contribution in [3.8, 4) is 22.8 Å². The van der Waals surface area contributed by atoms with Crippen molar-refractivity contribution in [1.82, 2.24) is 24.3 Å². The molecule has 0 aliphatic heterocycles. The second-order valence-electron chi connectivity index (χ2n) is 6.65. The van der Waals surface area contributed by atoms with Gasteiger partial charge in [-0.1, -0.05) is 0 Å². The number of thiazole rings is 1. The number of nitrogens with one attached hydrogen (secondary N) is 1. The Balaban J connectivity index is 1.44. The van der Waals surface area contributed by atoms with Gasteiger partial charge in [0, 0.05) is 31.0 Å². The summed E-state index contributed by atoms with van der Waals surface area (Å²) in [5.74, 6) is 1.08. The van der Waals surface area contributed by atoms with Gasteiger partial charge in [0.05, 0.1) is 32.4 Å². The molecule has 1 aromatic carbocycles. The lowest BCUT2D eigenvalue weighted by atomic mass is 10.1. The van der Waals surface area contributed by atoms with Crippen LogP contribution in [0.3, 0.4) is 0 Å². The maximum atomic E-state index is 12.5. The number of rotatable bonds is 7. The van der Waals surface area contributed by atoms with Gasteiger partial charge in [0.1, 0.15) is 16.9 Å². The van der Waals surface area contributed by atoms with E-state index < -0.39 is 0 Å². The van der Waals surface area contributed by atoms with Gasteiger partial charge in [0.25, 0.3) is 5.56 Å². The van der Waals surface area contributed by atoms with E-state index in [4.69, 9.17) is 9.47 Å². The third-order valence-corrected chi connectivity index (χ3v) is 5.49. The molecule has 0 saturated heterocycles. The number of carbonyl (C=O) groups is 1. The molecule has 0 aliphatic carbocycles. The number of fused-ring (bicyclic) bond motifs is 1. The minimum absolute atomic E-state index is 0.102. The quantitative estimate of drug-likeness (QED) is 0.469. The van der Waals surface area contributed by atoms with Crippen LogP contribution in [0.5, 0.6) is 11.5 Å². The fourth-order valence-corrected chi connectivity index (χ4v) is 3.83. The van der Waals surface area contributed by atoms with Crippen molar-refractivity contribution in [2.45, 2.75) is 13.0 Å². The van der Waals surface area contributed by atoms with Crippen molar-refractivity contribution >= 4 is 33.4 Å². The molecule has 3 aromatic heterocycles. The van der Waals surface area contributed by atoms with Crippen molar-refractivity contribution < 1.29 is 14.3 Å². The summed E-state index contributed by atoms with van der Waals surface area (Å²) in [4.78, 5) is 33.6. The summed E-state index contributed by atoms with van der Waals surface area (Å²) >= 11 is 1.30. The largest absolute Gasteiger partial charge is 0.497 e. The van der Waals surface area contributed by atoms with Crippen molar-refractivity contribution in [1.29, 1.82) is 0 Å². The number of aryl methyl sites for hydroxylation is 2. The Bertz CT molecular complexity index is 1310. The molecule has 4 aromatic rings. The van der Waals surface area contributed by atoms with E-state index in [1.807, 2.05) is 11.4 Å². The summed E-state index contributed by atoms with van der Waals surface area (Å²) in [6.07, 6.45) is 3.01. The monoisotopic (exact) mass is 440 g/mol. The summed E-state index contributed by atoms with van der Waals surface area (Å²) in [6, 6.07) is 5.43. The zero-order chi connectivity index (χ0) is 22.0. The van der Waals surface area contributed by atoms with Gasteiger partial charge in [-0.15, -0.1) is 11.3 Å². The first-order valence-corrected chi connectivity index (χ1v) is 10.2. The molecule has 1 amide bonds. The molecule has 10 nitrogen and oxygen atoms in total. The third-order valence-electron chi connectivity index (χ3n) is 4.73. The Labute approximate surface area is 181 Å². The highest BCUT2D eigenvalue weighted by atomic mass is 32.1. The van der Waals surface area contributed by atoms with Crippen LogP contribution < -0.4 is 20.3 Å². The highest BCUT2D eigenvalue weighted by Crippen LogP contribution is 2.35. The van der Waals surface area contributed by atoms with E-state index in [0.717, 1.165) is 5.56 Å². The van der Waals surface area contributed by atoms with Crippen molar-refractivity contribution in [3.05, 3.63) is 46.5 Å². The normalized spacial score (nSPS) is 10.9. The lowest BCUT2D eigenvalue weighted by molar-refractivity contribution is -0.116. The molecule has 31 heavy (non-hydrogen) atoms. The lowest BCUT2D eigenvalue weighted by Crippen LogP contribution is -2.23. The molecule has 4 rings (SSSR count). The number of aromatic nitrogens is 5. The Morgan fingerprint density at radius 1 is 1.26 bits per heavy atom. The van der Waals surface area contributed by atoms with E-state index in [-0.39, 0.29) is 24.4 Å². The van der Waals surface area contributed by atoms with Crippen LogP contribution in [0.4, 0.5) is 5.13 Å². The number of anilines is 1. The molecule has 0 radical (unpaired) electrons. The number of methoxy groups -OCH3 is 2. The number of benzene rings is 1. The molecule has 3 heterocycles. The Morgan fingerprint density at radius 3 is 2.87 bits per heavy atom. The number of hydrogen-bond donors (Lipinski definition) is 1. The molecule has 0 spiro atoms. The maximum absolute atomic E-state index is 12.5. The molecular formula is C20H20N6O4S. The second kappa shape index (κ2) is 8.56. The van der Waals surface area contributed by atoms with E-state index in [2.05, 4.69) is 20.4 Å². The second-order valence-corrected chi connectivity index (χ2v) is 7.51. The predicted octanol–water partition coefficient (Wildman–Crippen LogP) is 2.30. The Kier molecular flexibility index (Phi) is 5.67. The van der Waals surface area contributed by atoms with Gasteiger partial charge in [-0.2, -0.15) is 5.10 Å². The number of amides is 1. The maximum Gasteiger partial charge on any atom is 0.264 e. The smallest absolute Gasteiger partial charge is 0.264 e.